The third kappa shape index (κ3) is 2.49. The molecular formula is C11H14INOS. The molecular weight excluding hydrogens is 321 g/mol. The average molecular weight is 335 g/mol. The van der Waals surface area contributed by atoms with Crippen LogP contribution in [0.15, 0.2) is 18.2 Å². The standard InChI is InChI=1S/C11H14NOS.HI/c1-8-3-4-11-10(7-8)12(5-6-13)9(2)14-11;/h3-4,7,13H,5-6H2,1-2H3;1H/q+1;/p-1. The molecule has 0 atom stereocenters. The number of benzene rings is 1. The Balaban J connectivity index is 0.00000112. The number of aliphatic hydroxyl groups excluding tert-OH is 1. The molecule has 0 saturated carbocycles. The van der Waals surface area contributed by atoms with Crippen LogP contribution < -0.4 is 28.5 Å². The van der Waals surface area contributed by atoms with Crippen LogP contribution >= 0.6 is 11.3 Å². The lowest BCUT2D eigenvalue weighted by molar-refractivity contribution is -0.674. The molecule has 15 heavy (non-hydrogen) atoms. The Morgan fingerprint density at radius 2 is 2.07 bits per heavy atom. The molecule has 0 radical (unpaired) electrons. The van der Waals surface area contributed by atoms with E-state index < -0.39 is 0 Å². The van der Waals surface area contributed by atoms with Gasteiger partial charge in [0.15, 0.2) is 6.54 Å². The zero-order chi connectivity index (χ0) is 10.1. The van der Waals surface area contributed by atoms with Crippen LogP contribution in [0.4, 0.5) is 0 Å². The van der Waals surface area contributed by atoms with Gasteiger partial charge in [0.25, 0.3) is 0 Å². The van der Waals surface area contributed by atoms with Gasteiger partial charge in [0.2, 0.25) is 10.5 Å². The van der Waals surface area contributed by atoms with E-state index in [9.17, 15) is 0 Å². The molecule has 1 N–H and O–H groups in total. The van der Waals surface area contributed by atoms with Crippen molar-refractivity contribution in [2.75, 3.05) is 6.61 Å². The fourth-order valence-corrected chi connectivity index (χ4v) is 2.71. The third-order valence-corrected chi connectivity index (χ3v) is 3.45. The number of aliphatic hydroxyl groups is 1. The second-order valence-corrected chi connectivity index (χ2v) is 4.70. The van der Waals surface area contributed by atoms with Crippen molar-refractivity contribution in [1.29, 1.82) is 0 Å². The van der Waals surface area contributed by atoms with Crippen molar-refractivity contribution in [1.82, 2.24) is 0 Å². The molecule has 2 aromatic rings. The monoisotopic (exact) mass is 335 g/mol. The average Bonchev–Trinajstić information content (AvgIpc) is 2.45. The fourth-order valence-electron chi connectivity index (χ4n) is 1.69. The van der Waals surface area contributed by atoms with Crippen LogP contribution in [0, 0.1) is 13.8 Å². The van der Waals surface area contributed by atoms with Crippen molar-refractivity contribution in [2.45, 2.75) is 20.4 Å². The van der Waals surface area contributed by atoms with Gasteiger partial charge >= 0.3 is 0 Å². The minimum absolute atomic E-state index is 0. The summed E-state index contributed by atoms with van der Waals surface area (Å²) in [5.41, 5.74) is 2.50. The van der Waals surface area contributed by atoms with E-state index in [1.54, 1.807) is 11.3 Å². The molecule has 0 aliphatic heterocycles. The number of aryl methyl sites for hydroxylation is 2. The topological polar surface area (TPSA) is 24.1 Å². The Bertz CT molecular complexity index is 467. The summed E-state index contributed by atoms with van der Waals surface area (Å²) >= 11 is 1.78. The Morgan fingerprint density at radius 3 is 2.73 bits per heavy atom. The Hall–Kier alpha value is -0.200. The lowest BCUT2D eigenvalue weighted by atomic mass is 10.2. The largest absolute Gasteiger partial charge is 1.00 e. The van der Waals surface area contributed by atoms with Crippen LogP contribution in [0.5, 0.6) is 0 Å². The van der Waals surface area contributed by atoms with Crippen LogP contribution in [0.1, 0.15) is 10.6 Å². The molecule has 0 fully saturated rings. The van der Waals surface area contributed by atoms with E-state index in [-0.39, 0.29) is 30.6 Å². The molecule has 2 nitrogen and oxygen atoms in total. The number of nitrogens with zero attached hydrogens (tertiary/aromatic N) is 1. The number of hydrogen-bond donors (Lipinski definition) is 1. The van der Waals surface area contributed by atoms with Crippen molar-refractivity contribution < 1.29 is 33.7 Å². The molecule has 2 rings (SSSR count). The highest BCUT2D eigenvalue weighted by Gasteiger charge is 2.15. The van der Waals surface area contributed by atoms with Crippen molar-refractivity contribution in [3.63, 3.8) is 0 Å². The minimum Gasteiger partial charge on any atom is -1.00 e. The molecule has 0 amide bonds. The van der Waals surface area contributed by atoms with Gasteiger partial charge in [-0.25, -0.2) is 0 Å². The minimum atomic E-state index is 0. The van der Waals surface area contributed by atoms with Gasteiger partial charge in [-0.3, -0.25) is 0 Å². The molecule has 1 aromatic heterocycles. The predicted octanol–water partition coefficient (Wildman–Crippen LogP) is -1.20. The first-order chi connectivity index (χ1) is 6.72. The molecule has 4 heteroatoms. The molecule has 0 aliphatic rings. The summed E-state index contributed by atoms with van der Waals surface area (Å²) in [6.45, 7) is 5.08. The van der Waals surface area contributed by atoms with Crippen molar-refractivity contribution >= 4 is 21.6 Å². The van der Waals surface area contributed by atoms with Gasteiger partial charge in [0, 0.05) is 13.0 Å². The summed E-state index contributed by atoms with van der Waals surface area (Å²) in [6, 6.07) is 6.45. The maximum atomic E-state index is 8.98. The maximum Gasteiger partial charge on any atom is 0.235 e. The van der Waals surface area contributed by atoms with E-state index in [4.69, 9.17) is 5.11 Å². The molecule has 0 unspecified atom stereocenters. The van der Waals surface area contributed by atoms with Gasteiger partial charge in [-0.05, 0) is 18.6 Å². The number of thiazole rings is 1. The first-order valence-corrected chi connectivity index (χ1v) is 5.54. The number of rotatable bonds is 2. The molecule has 82 valence electrons. The van der Waals surface area contributed by atoms with E-state index in [0.717, 1.165) is 0 Å². The summed E-state index contributed by atoms with van der Waals surface area (Å²) in [6.07, 6.45) is 0. The fraction of sp³-hybridized carbons (Fsp3) is 0.364. The first kappa shape index (κ1) is 12.9. The van der Waals surface area contributed by atoms with Crippen LogP contribution in [-0.4, -0.2) is 11.7 Å². The number of aromatic nitrogens is 1. The van der Waals surface area contributed by atoms with Crippen molar-refractivity contribution in [2.24, 2.45) is 0 Å². The summed E-state index contributed by atoms with van der Waals surface area (Å²) in [5.74, 6) is 0. The van der Waals surface area contributed by atoms with E-state index in [1.807, 2.05) is 0 Å². The van der Waals surface area contributed by atoms with Crippen LogP contribution in [0.2, 0.25) is 0 Å². The molecule has 0 saturated heterocycles. The summed E-state index contributed by atoms with van der Waals surface area (Å²) in [7, 11) is 0. The van der Waals surface area contributed by atoms with Gasteiger partial charge in [-0.2, -0.15) is 4.57 Å². The van der Waals surface area contributed by atoms with E-state index in [0.29, 0.717) is 6.54 Å². The Kier molecular flexibility index (Phi) is 4.48. The smallest absolute Gasteiger partial charge is 0.235 e. The van der Waals surface area contributed by atoms with Gasteiger partial charge in [-0.15, -0.1) is 0 Å². The summed E-state index contributed by atoms with van der Waals surface area (Å²) in [5, 5.41) is 10.2. The quantitative estimate of drug-likeness (QED) is 0.541. The third-order valence-electron chi connectivity index (χ3n) is 2.37. The number of hydrogen-bond acceptors (Lipinski definition) is 2. The van der Waals surface area contributed by atoms with Crippen LogP contribution in [0.3, 0.4) is 0 Å². The van der Waals surface area contributed by atoms with Gasteiger partial charge in [-0.1, -0.05) is 17.4 Å². The van der Waals surface area contributed by atoms with E-state index in [2.05, 4.69) is 36.6 Å². The van der Waals surface area contributed by atoms with E-state index >= 15 is 0 Å². The maximum absolute atomic E-state index is 8.98. The lowest BCUT2D eigenvalue weighted by Gasteiger charge is -1.93. The molecule has 1 heterocycles. The van der Waals surface area contributed by atoms with Gasteiger partial charge in [0.05, 0.1) is 0 Å². The zero-order valence-electron chi connectivity index (χ0n) is 8.83. The van der Waals surface area contributed by atoms with Crippen molar-refractivity contribution in [3.05, 3.63) is 28.8 Å². The van der Waals surface area contributed by atoms with Crippen LogP contribution in [-0.2, 0) is 6.54 Å². The SMILES string of the molecule is Cc1ccc2sc(C)[n+](CCO)c2c1.[I-]. The normalized spacial score (nSPS) is 10.3. The predicted molar refractivity (Wildman–Crippen MR) is 58.6 cm³/mol. The van der Waals surface area contributed by atoms with Crippen molar-refractivity contribution in [3.8, 4) is 0 Å². The molecule has 0 spiro atoms. The summed E-state index contributed by atoms with van der Waals surface area (Å²) in [4.78, 5) is 0. The number of halogens is 1. The van der Waals surface area contributed by atoms with Gasteiger partial charge in [0.1, 0.15) is 11.3 Å². The Morgan fingerprint density at radius 1 is 1.33 bits per heavy atom. The molecule has 0 aliphatic carbocycles. The lowest BCUT2D eigenvalue weighted by Crippen LogP contribution is -3.00. The van der Waals surface area contributed by atoms with Gasteiger partial charge < -0.3 is 29.1 Å². The first-order valence-electron chi connectivity index (χ1n) is 4.73. The number of fused-ring (bicyclic) bond motifs is 1. The molecule has 0 bridgehead atoms. The highest BCUT2D eigenvalue weighted by molar-refractivity contribution is 7.18. The second kappa shape index (κ2) is 5.23. The Labute approximate surface area is 111 Å². The zero-order valence-corrected chi connectivity index (χ0v) is 11.8. The summed E-state index contributed by atoms with van der Waals surface area (Å²) < 4.78 is 3.47. The highest BCUT2D eigenvalue weighted by Crippen LogP contribution is 2.20. The molecule has 1 aromatic carbocycles. The van der Waals surface area contributed by atoms with E-state index in [1.165, 1.54) is 20.8 Å². The van der Waals surface area contributed by atoms with Crippen LogP contribution in [0.25, 0.3) is 10.2 Å². The highest BCUT2D eigenvalue weighted by atomic mass is 127. The second-order valence-electron chi connectivity index (χ2n) is 3.47.